The van der Waals surface area contributed by atoms with Crippen molar-refractivity contribution in [1.29, 1.82) is 0 Å². The Morgan fingerprint density at radius 2 is 2.22 bits per heavy atom. The van der Waals surface area contributed by atoms with Gasteiger partial charge in [-0.05, 0) is 25.6 Å². The average Bonchev–Trinajstić information content (AvgIpc) is 2.65. The van der Waals surface area contributed by atoms with Crippen LogP contribution in [0.3, 0.4) is 0 Å². The van der Waals surface area contributed by atoms with Crippen molar-refractivity contribution in [2.75, 3.05) is 26.8 Å². The lowest BCUT2D eigenvalue weighted by Crippen LogP contribution is -2.37. The maximum Gasteiger partial charge on any atom is 0.166 e. The molecule has 7 heteroatoms. The predicted molar refractivity (Wildman–Crippen MR) is 77.1 cm³/mol. The third-order valence-corrected chi connectivity index (χ3v) is 2.99. The van der Waals surface area contributed by atoms with Gasteiger partial charge >= 0.3 is 0 Å². The Hall–Kier alpha value is -0.850. The van der Waals surface area contributed by atoms with Gasteiger partial charge in [-0.25, -0.2) is 0 Å². The number of aromatic nitrogens is 2. The quantitative estimate of drug-likeness (QED) is 0.586. The van der Waals surface area contributed by atoms with E-state index in [1.165, 1.54) is 0 Å². The second-order valence-corrected chi connectivity index (χ2v) is 4.67. The van der Waals surface area contributed by atoms with Gasteiger partial charge in [0.2, 0.25) is 0 Å². The summed E-state index contributed by atoms with van der Waals surface area (Å²) in [7, 11) is 1.66. The number of aryl methyl sites for hydroxylation is 2. The molecule has 0 bridgehead atoms. The Morgan fingerprint density at radius 3 is 2.83 bits per heavy atom. The fourth-order valence-corrected chi connectivity index (χ4v) is 1.73. The van der Waals surface area contributed by atoms with Crippen LogP contribution in [0, 0.1) is 6.92 Å². The Balaban J connectivity index is 2.09. The first-order valence-electron chi connectivity index (χ1n) is 5.83. The van der Waals surface area contributed by atoms with E-state index in [9.17, 15) is 0 Å². The molecule has 0 spiro atoms. The molecule has 0 saturated heterocycles. The smallest absolute Gasteiger partial charge is 0.166 e. The van der Waals surface area contributed by atoms with E-state index in [4.69, 9.17) is 28.6 Å². The molecule has 0 aliphatic heterocycles. The molecule has 1 aromatic rings. The van der Waals surface area contributed by atoms with E-state index in [0.29, 0.717) is 16.7 Å². The summed E-state index contributed by atoms with van der Waals surface area (Å²) in [5.41, 5.74) is 0.862. The van der Waals surface area contributed by atoms with E-state index in [2.05, 4.69) is 15.7 Å². The topological polar surface area (TPSA) is 51.1 Å². The second kappa shape index (κ2) is 8.29. The summed E-state index contributed by atoms with van der Waals surface area (Å²) in [6.07, 6.45) is 2.77. The summed E-state index contributed by atoms with van der Waals surface area (Å²) >= 11 is 11.0. The standard InChI is InChI=1S/C11H19ClN4OS/c1-9-10(12)8-16(15-9)6-3-4-13-11(18)14-5-7-17-2/h8H,3-7H2,1-2H3,(H2,13,14,18). The molecule has 18 heavy (non-hydrogen) atoms. The summed E-state index contributed by atoms with van der Waals surface area (Å²) in [6, 6.07) is 0. The number of methoxy groups -OCH3 is 1. The van der Waals surface area contributed by atoms with Crippen molar-refractivity contribution in [3.63, 3.8) is 0 Å². The molecule has 0 saturated carbocycles. The van der Waals surface area contributed by atoms with Crippen molar-refractivity contribution < 1.29 is 4.74 Å². The van der Waals surface area contributed by atoms with Crippen LogP contribution in [0.15, 0.2) is 6.20 Å². The molecule has 0 radical (unpaired) electrons. The van der Waals surface area contributed by atoms with Crippen LogP contribution in [0.4, 0.5) is 0 Å². The maximum absolute atomic E-state index is 5.92. The van der Waals surface area contributed by atoms with E-state index < -0.39 is 0 Å². The van der Waals surface area contributed by atoms with Gasteiger partial charge in [-0.15, -0.1) is 0 Å². The molecule has 0 aliphatic carbocycles. The summed E-state index contributed by atoms with van der Waals surface area (Å²) in [5.74, 6) is 0. The fourth-order valence-electron chi connectivity index (χ4n) is 1.38. The van der Waals surface area contributed by atoms with Gasteiger partial charge in [-0.2, -0.15) is 5.10 Å². The molecule has 0 aliphatic rings. The molecule has 0 unspecified atom stereocenters. The zero-order valence-electron chi connectivity index (χ0n) is 10.7. The lowest BCUT2D eigenvalue weighted by Gasteiger charge is -2.09. The molecular weight excluding hydrogens is 272 g/mol. The van der Waals surface area contributed by atoms with E-state index in [1.54, 1.807) is 7.11 Å². The third kappa shape index (κ3) is 5.66. The molecule has 2 N–H and O–H groups in total. The largest absolute Gasteiger partial charge is 0.383 e. The van der Waals surface area contributed by atoms with Crippen molar-refractivity contribution in [1.82, 2.24) is 20.4 Å². The number of rotatable bonds is 7. The molecule has 0 fully saturated rings. The van der Waals surface area contributed by atoms with Crippen LogP contribution in [-0.2, 0) is 11.3 Å². The number of halogens is 1. The van der Waals surface area contributed by atoms with E-state index in [0.717, 1.165) is 31.7 Å². The van der Waals surface area contributed by atoms with Crippen molar-refractivity contribution in [2.24, 2.45) is 0 Å². The van der Waals surface area contributed by atoms with Gasteiger partial charge in [0.25, 0.3) is 0 Å². The average molecular weight is 291 g/mol. The molecule has 1 aromatic heterocycles. The van der Waals surface area contributed by atoms with E-state index >= 15 is 0 Å². The Morgan fingerprint density at radius 1 is 1.50 bits per heavy atom. The zero-order valence-corrected chi connectivity index (χ0v) is 12.3. The molecule has 1 rings (SSSR count). The molecule has 0 atom stereocenters. The Kier molecular flexibility index (Phi) is 7.00. The molecule has 5 nitrogen and oxygen atoms in total. The minimum atomic E-state index is 0.646. The number of hydrogen-bond donors (Lipinski definition) is 2. The van der Waals surface area contributed by atoms with Gasteiger partial charge < -0.3 is 15.4 Å². The lowest BCUT2D eigenvalue weighted by atomic mass is 10.4. The minimum absolute atomic E-state index is 0.646. The zero-order chi connectivity index (χ0) is 13.4. The number of thiocarbonyl (C=S) groups is 1. The van der Waals surface area contributed by atoms with Crippen molar-refractivity contribution in [3.8, 4) is 0 Å². The molecule has 0 aromatic carbocycles. The normalized spacial score (nSPS) is 10.4. The highest BCUT2D eigenvalue weighted by Crippen LogP contribution is 2.11. The van der Waals surface area contributed by atoms with Crippen molar-refractivity contribution in [3.05, 3.63) is 16.9 Å². The van der Waals surface area contributed by atoms with Gasteiger partial charge in [0.15, 0.2) is 5.11 Å². The Labute approximate surface area is 118 Å². The summed E-state index contributed by atoms with van der Waals surface area (Å²) in [6.45, 7) is 4.88. The van der Waals surface area contributed by atoms with Crippen LogP contribution < -0.4 is 10.6 Å². The fraction of sp³-hybridized carbons (Fsp3) is 0.636. The van der Waals surface area contributed by atoms with Gasteiger partial charge in [0, 0.05) is 32.9 Å². The summed E-state index contributed by atoms with van der Waals surface area (Å²) < 4.78 is 6.76. The van der Waals surface area contributed by atoms with Crippen LogP contribution in [0.1, 0.15) is 12.1 Å². The highest BCUT2D eigenvalue weighted by atomic mass is 35.5. The van der Waals surface area contributed by atoms with Gasteiger partial charge in [-0.1, -0.05) is 11.6 Å². The predicted octanol–water partition coefficient (Wildman–Crippen LogP) is 1.35. The highest BCUT2D eigenvalue weighted by molar-refractivity contribution is 7.80. The maximum atomic E-state index is 5.92. The molecular formula is C11H19ClN4OS. The minimum Gasteiger partial charge on any atom is -0.383 e. The first-order valence-corrected chi connectivity index (χ1v) is 6.62. The van der Waals surface area contributed by atoms with Crippen molar-refractivity contribution >= 4 is 28.9 Å². The van der Waals surface area contributed by atoms with Crippen LogP contribution in [0.25, 0.3) is 0 Å². The van der Waals surface area contributed by atoms with Crippen molar-refractivity contribution in [2.45, 2.75) is 19.9 Å². The first-order chi connectivity index (χ1) is 8.63. The second-order valence-electron chi connectivity index (χ2n) is 3.85. The molecule has 1 heterocycles. The first kappa shape index (κ1) is 15.2. The number of nitrogens with zero attached hydrogens (tertiary/aromatic N) is 2. The van der Waals surface area contributed by atoms with E-state index in [1.807, 2.05) is 17.8 Å². The van der Waals surface area contributed by atoms with Crippen LogP contribution >= 0.6 is 23.8 Å². The number of ether oxygens (including phenoxy) is 1. The monoisotopic (exact) mass is 290 g/mol. The van der Waals surface area contributed by atoms with Gasteiger partial charge in [0.1, 0.15) is 0 Å². The van der Waals surface area contributed by atoms with Gasteiger partial charge in [0.05, 0.1) is 17.3 Å². The van der Waals surface area contributed by atoms with Crippen LogP contribution in [-0.4, -0.2) is 41.7 Å². The summed E-state index contributed by atoms with van der Waals surface area (Å²) in [4.78, 5) is 0. The van der Waals surface area contributed by atoms with Gasteiger partial charge in [-0.3, -0.25) is 4.68 Å². The van der Waals surface area contributed by atoms with E-state index in [-0.39, 0.29) is 0 Å². The third-order valence-electron chi connectivity index (χ3n) is 2.33. The number of hydrogen-bond acceptors (Lipinski definition) is 3. The SMILES string of the molecule is COCCNC(=S)NCCCn1cc(Cl)c(C)n1. The highest BCUT2D eigenvalue weighted by Gasteiger charge is 2.01. The molecule has 102 valence electrons. The lowest BCUT2D eigenvalue weighted by molar-refractivity contribution is 0.204. The number of nitrogens with one attached hydrogen (secondary N) is 2. The molecule has 0 amide bonds. The Bertz CT molecular complexity index is 364. The van der Waals surface area contributed by atoms with Crippen LogP contribution in [0.2, 0.25) is 5.02 Å². The van der Waals surface area contributed by atoms with Crippen LogP contribution in [0.5, 0.6) is 0 Å². The summed E-state index contributed by atoms with van der Waals surface area (Å²) in [5, 5.41) is 11.8.